The van der Waals surface area contributed by atoms with Crippen molar-refractivity contribution in [1.29, 1.82) is 0 Å². The van der Waals surface area contributed by atoms with Crippen LogP contribution < -0.4 is 0 Å². The molecule has 0 aliphatic heterocycles. The van der Waals surface area contributed by atoms with Gasteiger partial charge in [-0.25, -0.2) is 4.79 Å². The van der Waals surface area contributed by atoms with Crippen LogP contribution in [0.2, 0.25) is 0 Å². The van der Waals surface area contributed by atoms with Gasteiger partial charge >= 0.3 is 25.4 Å². The molecular formula is C8H7NO4SZn+2. The molecule has 1 aromatic rings. The van der Waals surface area contributed by atoms with E-state index in [0.29, 0.717) is 0 Å². The zero-order valence-electron chi connectivity index (χ0n) is 7.97. The molecule has 0 spiro atoms. The molecule has 0 N–H and O–H groups in total. The second-order valence-corrected chi connectivity index (χ2v) is 2.93. The van der Waals surface area contributed by atoms with E-state index in [4.69, 9.17) is 0 Å². The van der Waals surface area contributed by atoms with Crippen LogP contribution in [0.5, 0.6) is 0 Å². The number of carbonyl (C=O) groups excluding carboxylic acids is 1. The van der Waals surface area contributed by atoms with Crippen molar-refractivity contribution in [3.63, 3.8) is 0 Å². The van der Waals surface area contributed by atoms with Crippen molar-refractivity contribution in [2.24, 2.45) is 0 Å². The minimum atomic E-state index is -0.610. The first-order valence-electron chi connectivity index (χ1n) is 3.62. The van der Waals surface area contributed by atoms with Gasteiger partial charge in [-0.05, 0) is 12.1 Å². The molecule has 1 aromatic carbocycles. The second-order valence-electron chi connectivity index (χ2n) is 2.45. The molecule has 0 unspecified atom stereocenters. The average molecular weight is 279 g/mol. The van der Waals surface area contributed by atoms with Gasteiger partial charge in [0.2, 0.25) is 0 Å². The maximum absolute atomic E-state index is 11.0. The van der Waals surface area contributed by atoms with Crippen LogP contribution in [0.4, 0.5) is 5.69 Å². The third kappa shape index (κ3) is 3.28. The number of nitro groups is 1. The Morgan fingerprint density at radius 1 is 1.53 bits per heavy atom. The average Bonchev–Trinajstić information content (AvgIpc) is 2.17. The van der Waals surface area contributed by atoms with E-state index in [1.54, 1.807) is 0 Å². The van der Waals surface area contributed by atoms with E-state index in [0.717, 1.165) is 6.07 Å². The van der Waals surface area contributed by atoms with Crippen molar-refractivity contribution in [2.75, 3.05) is 7.11 Å². The van der Waals surface area contributed by atoms with Crippen molar-refractivity contribution < 1.29 is 33.9 Å². The van der Waals surface area contributed by atoms with E-state index in [9.17, 15) is 14.9 Å². The standard InChI is InChI=1S/C8H7NO4S.Zn/c1-13-8(10)5-2-3-7(14)6(4-5)9(11)12;/h2-4,14H,1H3;/q;+2. The molecule has 74 valence electrons. The number of rotatable bonds is 2. The number of carbonyl (C=O) groups is 1. The Morgan fingerprint density at radius 3 is 2.60 bits per heavy atom. The van der Waals surface area contributed by atoms with Crippen LogP contribution in [-0.2, 0) is 24.2 Å². The van der Waals surface area contributed by atoms with Crippen molar-refractivity contribution in [3.8, 4) is 0 Å². The molecule has 0 saturated carbocycles. The normalized spacial score (nSPS) is 8.93. The summed E-state index contributed by atoms with van der Waals surface area (Å²) in [5.41, 5.74) is -0.0757. The Balaban J connectivity index is 0.00000196. The van der Waals surface area contributed by atoms with Crippen LogP contribution in [0.15, 0.2) is 23.1 Å². The number of esters is 1. The van der Waals surface area contributed by atoms with Gasteiger partial charge in [-0.1, -0.05) is 0 Å². The molecule has 0 aromatic heterocycles. The van der Waals surface area contributed by atoms with Crippen LogP contribution in [0, 0.1) is 10.1 Å². The van der Waals surface area contributed by atoms with E-state index in [-0.39, 0.29) is 35.6 Å². The minimum Gasteiger partial charge on any atom is -0.465 e. The molecule has 0 amide bonds. The fourth-order valence-corrected chi connectivity index (χ4v) is 1.14. The number of benzene rings is 1. The van der Waals surface area contributed by atoms with Crippen molar-refractivity contribution in [1.82, 2.24) is 0 Å². The van der Waals surface area contributed by atoms with Gasteiger partial charge in [-0.15, -0.1) is 12.6 Å². The van der Waals surface area contributed by atoms with Gasteiger partial charge in [0.25, 0.3) is 5.69 Å². The number of nitrogens with zero attached hydrogens (tertiary/aromatic N) is 1. The first-order chi connectivity index (χ1) is 6.56. The zero-order valence-corrected chi connectivity index (χ0v) is 11.8. The molecule has 0 fully saturated rings. The molecule has 0 radical (unpaired) electrons. The number of methoxy groups -OCH3 is 1. The Labute approximate surface area is 104 Å². The van der Waals surface area contributed by atoms with Crippen LogP contribution in [-0.4, -0.2) is 18.0 Å². The number of thiol groups is 1. The number of ether oxygens (including phenoxy) is 1. The molecule has 0 atom stereocenters. The third-order valence-corrected chi connectivity index (χ3v) is 1.97. The molecule has 1 rings (SSSR count). The first-order valence-corrected chi connectivity index (χ1v) is 4.06. The Kier molecular flexibility index (Phi) is 5.46. The molecule has 0 saturated heterocycles. The Morgan fingerprint density at radius 2 is 2.13 bits per heavy atom. The molecular weight excluding hydrogens is 272 g/mol. The summed E-state index contributed by atoms with van der Waals surface area (Å²) in [6.45, 7) is 0. The van der Waals surface area contributed by atoms with E-state index in [1.807, 2.05) is 0 Å². The van der Waals surface area contributed by atoms with Crippen LogP contribution in [0.25, 0.3) is 0 Å². The second kappa shape index (κ2) is 5.83. The molecule has 0 aliphatic rings. The summed E-state index contributed by atoms with van der Waals surface area (Å²) in [6, 6.07) is 3.93. The van der Waals surface area contributed by atoms with Crippen molar-refractivity contribution >= 4 is 24.3 Å². The monoisotopic (exact) mass is 277 g/mol. The first kappa shape index (κ1) is 14.1. The summed E-state index contributed by atoms with van der Waals surface area (Å²) >= 11 is 3.89. The van der Waals surface area contributed by atoms with Gasteiger partial charge < -0.3 is 4.74 Å². The summed E-state index contributed by atoms with van der Waals surface area (Å²) in [5, 5.41) is 10.5. The van der Waals surface area contributed by atoms with Crippen LogP contribution in [0.1, 0.15) is 10.4 Å². The predicted octanol–water partition coefficient (Wildman–Crippen LogP) is 1.67. The maximum Gasteiger partial charge on any atom is 2.00 e. The summed E-state index contributed by atoms with van der Waals surface area (Å²) in [4.78, 5) is 21.1. The third-order valence-electron chi connectivity index (χ3n) is 1.59. The quantitative estimate of drug-likeness (QED) is 0.294. The SMILES string of the molecule is COC(=O)c1ccc(S)c([N+](=O)[O-])c1.[Zn+2]. The van der Waals surface area contributed by atoms with E-state index < -0.39 is 10.9 Å². The van der Waals surface area contributed by atoms with Gasteiger partial charge in [-0.2, -0.15) is 0 Å². The van der Waals surface area contributed by atoms with E-state index >= 15 is 0 Å². The van der Waals surface area contributed by atoms with Gasteiger partial charge in [0, 0.05) is 6.07 Å². The van der Waals surface area contributed by atoms with Gasteiger partial charge in [0.1, 0.15) is 0 Å². The molecule has 5 nitrogen and oxygen atoms in total. The molecule has 0 bridgehead atoms. The zero-order chi connectivity index (χ0) is 10.7. The topological polar surface area (TPSA) is 69.4 Å². The van der Waals surface area contributed by atoms with Gasteiger partial charge in [0.15, 0.2) is 0 Å². The molecule has 0 aliphatic carbocycles. The molecule has 0 heterocycles. The smallest absolute Gasteiger partial charge is 0.465 e. The summed E-state index contributed by atoms with van der Waals surface area (Å²) < 4.78 is 4.42. The summed E-state index contributed by atoms with van der Waals surface area (Å²) in [7, 11) is 1.21. The van der Waals surface area contributed by atoms with Crippen molar-refractivity contribution in [3.05, 3.63) is 33.9 Å². The van der Waals surface area contributed by atoms with Gasteiger partial charge in [0.05, 0.1) is 22.5 Å². The van der Waals surface area contributed by atoms with Crippen LogP contribution >= 0.6 is 12.6 Å². The summed E-state index contributed by atoms with van der Waals surface area (Å²) in [5.74, 6) is -0.610. The Hall–Kier alpha value is -0.937. The fraction of sp³-hybridized carbons (Fsp3) is 0.125. The fourth-order valence-electron chi connectivity index (χ4n) is 0.914. The molecule has 15 heavy (non-hydrogen) atoms. The number of hydrogen-bond donors (Lipinski definition) is 1. The van der Waals surface area contributed by atoms with Gasteiger partial charge in [-0.3, -0.25) is 10.1 Å². The minimum absolute atomic E-state index is 0. The predicted molar refractivity (Wildman–Crippen MR) is 51.7 cm³/mol. The van der Waals surface area contributed by atoms with Crippen LogP contribution in [0.3, 0.4) is 0 Å². The molecule has 7 heteroatoms. The Bertz CT molecular complexity index is 396. The maximum atomic E-state index is 11.0. The van der Waals surface area contributed by atoms with E-state index in [2.05, 4.69) is 17.4 Å². The largest absolute Gasteiger partial charge is 2.00 e. The number of hydrogen-bond acceptors (Lipinski definition) is 5. The number of nitro benzene ring substituents is 1. The van der Waals surface area contributed by atoms with E-state index in [1.165, 1.54) is 19.2 Å². The van der Waals surface area contributed by atoms with Crippen molar-refractivity contribution in [2.45, 2.75) is 4.90 Å². The summed E-state index contributed by atoms with van der Waals surface area (Å²) in [6.07, 6.45) is 0.